The highest BCUT2D eigenvalue weighted by atomic mass is 16.5. The Labute approximate surface area is 117 Å². The fraction of sp³-hybridized carbons (Fsp3) is 0.200. The van der Waals surface area contributed by atoms with Crippen molar-refractivity contribution in [1.82, 2.24) is 4.98 Å². The number of ether oxygens (including phenoxy) is 2. The summed E-state index contributed by atoms with van der Waals surface area (Å²) in [6.45, 7) is 0.697. The van der Waals surface area contributed by atoms with Crippen LogP contribution in [0.5, 0.6) is 11.6 Å². The van der Waals surface area contributed by atoms with Gasteiger partial charge in [-0.15, -0.1) is 0 Å². The van der Waals surface area contributed by atoms with Crippen LogP contribution in [0.1, 0.15) is 11.3 Å². The van der Waals surface area contributed by atoms with Crippen molar-refractivity contribution in [3.05, 3.63) is 53.7 Å². The molecule has 0 aliphatic heterocycles. The molecule has 0 spiro atoms. The van der Waals surface area contributed by atoms with Crippen molar-refractivity contribution in [2.45, 2.75) is 6.42 Å². The van der Waals surface area contributed by atoms with E-state index in [1.807, 2.05) is 24.3 Å². The van der Waals surface area contributed by atoms with Crippen molar-refractivity contribution in [3.8, 4) is 11.6 Å². The van der Waals surface area contributed by atoms with Crippen LogP contribution in [0.25, 0.3) is 0 Å². The van der Waals surface area contributed by atoms with Gasteiger partial charge in [-0.05, 0) is 30.2 Å². The van der Waals surface area contributed by atoms with E-state index in [-0.39, 0.29) is 5.84 Å². The van der Waals surface area contributed by atoms with Gasteiger partial charge in [-0.2, -0.15) is 0 Å². The molecule has 3 N–H and O–H groups in total. The minimum absolute atomic E-state index is 0.0784. The quantitative estimate of drug-likeness (QED) is 0.624. The van der Waals surface area contributed by atoms with Crippen LogP contribution >= 0.6 is 0 Å². The Hall–Kier alpha value is -2.40. The smallest absolute Gasteiger partial charge is 0.219 e. The normalized spacial score (nSPS) is 10.2. The number of benzene rings is 1. The average Bonchev–Trinajstić information content (AvgIpc) is 2.47. The molecule has 0 amide bonds. The second kappa shape index (κ2) is 6.68. The average molecular weight is 271 g/mol. The number of rotatable bonds is 6. The molecule has 0 saturated carbocycles. The van der Waals surface area contributed by atoms with Crippen LogP contribution in [0.3, 0.4) is 0 Å². The number of nitrogens with two attached hydrogens (primary N) is 1. The number of methoxy groups -OCH3 is 1. The van der Waals surface area contributed by atoms with Crippen LogP contribution in [0.4, 0.5) is 0 Å². The lowest BCUT2D eigenvalue weighted by Crippen LogP contribution is -2.13. The molecule has 0 bridgehead atoms. The van der Waals surface area contributed by atoms with Crippen molar-refractivity contribution in [1.29, 1.82) is 5.41 Å². The Morgan fingerprint density at radius 3 is 2.60 bits per heavy atom. The molecule has 0 fully saturated rings. The molecule has 2 rings (SSSR count). The Balaban J connectivity index is 2.06. The van der Waals surface area contributed by atoms with Gasteiger partial charge in [0.2, 0.25) is 5.88 Å². The summed E-state index contributed by atoms with van der Waals surface area (Å²) in [6.07, 6.45) is 0.870. The summed E-state index contributed by atoms with van der Waals surface area (Å²) in [6, 6.07) is 12.9. The minimum atomic E-state index is -0.0784. The molecule has 0 atom stereocenters. The van der Waals surface area contributed by atoms with Gasteiger partial charge in [0.25, 0.3) is 0 Å². The zero-order valence-corrected chi connectivity index (χ0v) is 11.3. The highest BCUT2D eigenvalue weighted by Crippen LogP contribution is 2.20. The molecule has 5 heteroatoms. The fourth-order valence-corrected chi connectivity index (χ4v) is 1.69. The third-order valence-corrected chi connectivity index (χ3v) is 2.74. The Morgan fingerprint density at radius 2 is 1.95 bits per heavy atom. The summed E-state index contributed by atoms with van der Waals surface area (Å²) in [4.78, 5) is 4.15. The highest BCUT2D eigenvalue weighted by Gasteiger charge is 2.03. The lowest BCUT2D eigenvalue weighted by Gasteiger charge is -2.07. The van der Waals surface area contributed by atoms with Crippen LogP contribution in [-0.4, -0.2) is 24.5 Å². The molecule has 0 aliphatic rings. The zero-order chi connectivity index (χ0) is 14.4. The number of amidine groups is 1. The first-order valence-electron chi connectivity index (χ1n) is 6.26. The Morgan fingerprint density at radius 1 is 1.20 bits per heavy atom. The summed E-state index contributed by atoms with van der Waals surface area (Å²) < 4.78 is 10.7. The third kappa shape index (κ3) is 3.80. The van der Waals surface area contributed by atoms with Crippen LogP contribution in [-0.2, 0) is 11.2 Å². The SMILES string of the molecule is COCCc1ccc(Oc2cccc(C(=N)N)n2)cc1. The van der Waals surface area contributed by atoms with E-state index in [1.165, 1.54) is 5.56 Å². The van der Waals surface area contributed by atoms with Gasteiger partial charge >= 0.3 is 0 Å². The second-order valence-electron chi connectivity index (χ2n) is 4.26. The summed E-state index contributed by atoms with van der Waals surface area (Å²) in [5.74, 6) is 1.03. The van der Waals surface area contributed by atoms with Crippen molar-refractivity contribution in [2.75, 3.05) is 13.7 Å². The standard InChI is InChI=1S/C15H17N3O2/c1-19-10-9-11-5-7-12(8-6-11)20-14-4-2-3-13(18-14)15(16)17/h2-8H,9-10H2,1H3,(H3,16,17). The first-order valence-corrected chi connectivity index (χ1v) is 6.26. The van der Waals surface area contributed by atoms with E-state index < -0.39 is 0 Å². The number of pyridine rings is 1. The van der Waals surface area contributed by atoms with Gasteiger partial charge in [-0.3, -0.25) is 5.41 Å². The molecular formula is C15H17N3O2. The van der Waals surface area contributed by atoms with Crippen molar-refractivity contribution in [2.24, 2.45) is 5.73 Å². The number of nitrogens with one attached hydrogen (secondary N) is 1. The predicted molar refractivity (Wildman–Crippen MR) is 77.3 cm³/mol. The Bertz CT molecular complexity index is 582. The fourth-order valence-electron chi connectivity index (χ4n) is 1.69. The zero-order valence-electron chi connectivity index (χ0n) is 11.3. The van der Waals surface area contributed by atoms with E-state index in [1.54, 1.807) is 25.3 Å². The number of nitrogen functional groups attached to an aromatic ring is 1. The van der Waals surface area contributed by atoms with Gasteiger partial charge in [0, 0.05) is 13.2 Å². The molecule has 1 heterocycles. The summed E-state index contributed by atoms with van der Waals surface area (Å²) in [7, 11) is 1.69. The van der Waals surface area contributed by atoms with Gasteiger partial charge in [-0.1, -0.05) is 18.2 Å². The maximum Gasteiger partial charge on any atom is 0.219 e. The number of aromatic nitrogens is 1. The summed E-state index contributed by atoms with van der Waals surface area (Å²) >= 11 is 0. The monoisotopic (exact) mass is 271 g/mol. The van der Waals surface area contributed by atoms with Crippen LogP contribution in [0, 0.1) is 5.41 Å². The highest BCUT2D eigenvalue weighted by molar-refractivity contribution is 5.93. The largest absolute Gasteiger partial charge is 0.439 e. The second-order valence-corrected chi connectivity index (χ2v) is 4.26. The van der Waals surface area contributed by atoms with E-state index in [9.17, 15) is 0 Å². The third-order valence-electron chi connectivity index (χ3n) is 2.74. The molecule has 1 aromatic carbocycles. The lowest BCUT2D eigenvalue weighted by atomic mass is 10.1. The van der Waals surface area contributed by atoms with Gasteiger partial charge in [0.05, 0.1) is 6.61 Å². The van der Waals surface area contributed by atoms with Gasteiger partial charge in [0.1, 0.15) is 17.3 Å². The van der Waals surface area contributed by atoms with Crippen molar-refractivity contribution >= 4 is 5.84 Å². The number of nitrogens with zero attached hydrogens (tertiary/aromatic N) is 1. The van der Waals surface area contributed by atoms with Gasteiger partial charge in [-0.25, -0.2) is 4.98 Å². The predicted octanol–water partition coefficient (Wildman–Crippen LogP) is 2.35. The van der Waals surface area contributed by atoms with Crippen LogP contribution in [0.15, 0.2) is 42.5 Å². The van der Waals surface area contributed by atoms with Crippen molar-refractivity contribution < 1.29 is 9.47 Å². The maximum absolute atomic E-state index is 7.35. The molecule has 1 aromatic heterocycles. The number of hydrogen-bond acceptors (Lipinski definition) is 4. The molecule has 0 saturated heterocycles. The van der Waals surface area contributed by atoms with Crippen LogP contribution < -0.4 is 10.5 Å². The van der Waals surface area contributed by atoms with Gasteiger partial charge < -0.3 is 15.2 Å². The topological polar surface area (TPSA) is 81.2 Å². The molecular weight excluding hydrogens is 254 g/mol. The van der Waals surface area contributed by atoms with Crippen molar-refractivity contribution in [3.63, 3.8) is 0 Å². The van der Waals surface area contributed by atoms with E-state index in [2.05, 4.69) is 4.98 Å². The molecule has 104 valence electrons. The first kappa shape index (κ1) is 14.0. The molecule has 0 unspecified atom stereocenters. The van der Waals surface area contributed by atoms with Gasteiger partial charge in [0.15, 0.2) is 0 Å². The van der Waals surface area contributed by atoms with E-state index >= 15 is 0 Å². The van der Waals surface area contributed by atoms with Crippen LogP contribution in [0.2, 0.25) is 0 Å². The summed E-state index contributed by atoms with van der Waals surface area (Å²) in [5, 5.41) is 7.35. The Kier molecular flexibility index (Phi) is 4.68. The molecule has 20 heavy (non-hydrogen) atoms. The summed E-state index contributed by atoms with van der Waals surface area (Å²) in [5.41, 5.74) is 6.98. The van der Waals surface area contributed by atoms with E-state index in [0.29, 0.717) is 23.9 Å². The molecule has 5 nitrogen and oxygen atoms in total. The minimum Gasteiger partial charge on any atom is -0.439 e. The molecule has 0 radical (unpaired) electrons. The maximum atomic E-state index is 7.35. The molecule has 0 aliphatic carbocycles. The van der Waals surface area contributed by atoms with E-state index in [0.717, 1.165) is 6.42 Å². The van der Waals surface area contributed by atoms with E-state index in [4.69, 9.17) is 20.6 Å². The number of hydrogen-bond donors (Lipinski definition) is 2. The lowest BCUT2D eigenvalue weighted by molar-refractivity contribution is 0.202. The molecule has 2 aromatic rings. The first-order chi connectivity index (χ1) is 9.69.